The Morgan fingerprint density at radius 3 is 2.67 bits per heavy atom. The predicted octanol–water partition coefficient (Wildman–Crippen LogP) is 2.81. The highest BCUT2D eigenvalue weighted by Gasteiger charge is 2.31. The van der Waals surface area contributed by atoms with Crippen molar-refractivity contribution in [2.24, 2.45) is 0 Å². The first-order chi connectivity index (χ1) is 11.5. The Balaban J connectivity index is 1.90. The van der Waals surface area contributed by atoms with E-state index >= 15 is 0 Å². The molecule has 0 fully saturated rings. The van der Waals surface area contributed by atoms with Gasteiger partial charge in [-0.1, -0.05) is 18.2 Å². The first-order valence-electron chi connectivity index (χ1n) is 8.14. The molecule has 5 nitrogen and oxygen atoms in total. The van der Waals surface area contributed by atoms with E-state index in [0.29, 0.717) is 11.1 Å². The van der Waals surface area contributed by atoms with Gasteiger partial charge in [-0.2, -0.15) is 0 Å². The second kappa shape index (κ2) is 6.43. The van der Waals surface area contributed by atoms with Gasteiger partial charge in [0, 0.05) is 30.2 Å². The third-order valence-corrected chi connectivity index (χ3v) is 4.09. The maximum Gasteiger partial charge on any atom is 0.260 e. The van der Waals surface area contributed by atoms with Crippen LogP contribution in [0.15, 0.2) is 42.7 Å². The molecule has 1 aliphatic heterocycles. The second-order valence-corrected chi connectivity index (χ2v) is 6.45. The van der Waals surface area contributed by atoms with Gasteiger partial charge in [0.05, 0.1) is 11.1 Å². The number of rotatable bonds is 3. The fourth-order valence-corrected chi connectivity index (χ4v) is 3.04. The highest BCUT2D eigenvalue weighted by atomic mass is 16.2. The van der Waals surface area contributed by atoms with E-state index < -0.39 is 0 Å². The first-order valence-corrected chi connectivity index (χ1v) is 8.14. The number of pyridine rings is 1. The molecule has 1 unspecified atom stereocenters. The largest absolute Gasteiger partial charge is 0.350 e. The van der Waals surface area contributed by atoms with Crippen LogP contribution in [0.5, 0.6) is 0 Å². The molecule has 2 aromatic rings. The molecule has 0 bridgehead atoms. The summed E-state index contributed by atoms with van der Waals surface area (Å²) in [6.45, 7) is 5.81. The summed E-state index contributed by atoms with van der Waals surface area (Å²) in [5.74, 6) is -0.346. The molecule has 0 saturated carbocycles. The highest BCUT2D eigenvalue weighted by Crippen LogP contribution is 2.32. The lowest BCUT2D eigenvalue weighted by Gasteiger charge is -2.22. The Morgan fingerprint density at radius 2 is 1.92 bits per heavy atom. The molecule has 1 aromatic heterocycles. The minimum absolute atomic E-state index is 0.0299. The number of para-hydroxylation sites is 1. The van der Waals surface area contributed by atoms with Gasteiger partial charge < -0.3 is 10.2 Å². The van der Waals surface area contributed by atoms with Crippen LogP contribution < -0.4 is 10.2 Å². The molecule has 1 N–H and O–H groups in total. The van der Waals surface area contributed by atoms with Crippen LogP contribution in [0.1, 0.15) is 47.1 Å². The number of amides is 2. The standard InChI is InChI=1S/C19H21N3O2/c1-12(2)21-18(23)15-9-16(11-20-10-15)19(24)22-13(3)8-14-6-4-5-7-17(14)22/h4-7,9-13H,8H2,1-3H3,(H,21,23). The maximum absolute atomic E-state index is 13.0. The van der Waals surface area contributed by atoms with Gasteiger partial charge in [0.2, 0.25) is 0 Å². The SMILES string of the molecule is CC(C)NC(=O)c1cncc(C(=O)N2c3ccccc3CC2C)c1. The third-order valence-electron chi connectivity index (χ3n) is 4.09. The zero-order valence-electron chi connectivity index (χ0n) is 14.1. The summed E-state index contributed by atoms with van der Waals surface area (Å²) < 4.78 is 0. The van der Waals surface area contributed by atoms with Gasteiger partial charge in [-0.15, -0.1) is 0 Å². The number of fused-ring (bicyclic) bond motifs is 1. The van der Waals surface area contributed by atoms with Gasteiger partial charge in [-0.3, -0.25) is 14.6 Å². The molecule has 2 amide bonds. The Bertz CT molecular complexity index is 786. The van der Waals surface area contributed by atoms with E-state index in [9.17, 15) is 9.59 Å². The van der Waals surface area contributed by atoms with Crippen molar-refractivity contribution in [1.82, 2.24) is 10.3 Å². The molecule has 5 heteroatoms. The summed E-state index contributed by atoms with van der Waals surface area (Å²) in [6.07, 6.45) is 3.83. The zero-order chi connectivity index (χ0) is 17.3. The van der Waals surface area contributed by atoms with E-state index in [0.717, 1.165) is 12.1 Å². The molecule has 24 heavy (non-hydrogen) atoms. The number of hydrogen-bond donors (Lipinski definition) is 1. The molecule has 0 spiro atoms. The summed E-state index contributed by atoms with van der Waals surface area (Å²) in [5.41, 5.74) is 2.93. The van der Waals surface area contributed by atoms with Gasteiger partial charge in [-0.25, -0.2) is 0 Å². The number of nitrogens with one attached hydrogen (secondary N) is 1. The van der Waals surface area contributed by atoms with E-state index in [1.807, 2.05) is 45.0 Å². The summed E-state index contributed by atoms with van der Waals surface area (Å²) >= 11 is 0. The second-order valence-electron chi connectivity index (χ2n) is 6.45. The van der Waals surface area contributed by atoms with Crippen molar-refractivity contribution >= 4 is 17.5 Å². The van der Waals surface area contributed by atoms with E-state index in [2.05, 4.69) is 10.3 Å². The Labute approximate surface area is 141 Å². The normalized spacial score (nSPS) is 16.2. The quantitative estimate of drug-likeness (QED) is 0.945. The molecule has 124 valence electrons. The van der Waals surface area contributed by atoms with Crippen molar-refractivity contribution in [1.29, 1.82) is 0 Å². The van der Waals surface area contributed by atoms with Crippen molar-refractivity contribution in [2.75, 3.05) is 4.90 Å². The van der Waals surface area contributed by atoms with E-state index in [1.54, 1.807) is 11.0 Å². The number of anilines is 1. The van der Waals surface area contributed by atoms with E-state index in [4.69, 9.17) is 0 Å². The lowest BCUT2D eigenvalue weighted by atomic mass is 10.1. The summed E-state index contributed by atoms with van der Waals surface area (Å²) in [5, 5.41) is 2.82. The average molecular weight is 323 g/mol. The number of aromatic nitrogens is 1. The predicted molar refractivity (Wildman–Crippen MR) is 93.3 cm³/mol. The number of hydrogen-bond acceptors (Lipinski definition) is 3. The number of carbonyl (C=O) groups is 2. The van der Waals surface area contributed by atoms with Crippen molar-refractivity contribution in [3.8, 4) is 0 Å². The number of nitrogens with zero attached hydrogens (tertiary/aromatic N) is 2. The van der Waals surface area contributed by atoms with Crippen LogP contribution in [0.25, 0.3) is 0 Å². The smallest absolute Gasteiger partial charge is 0.260 e. The molecular weight excluding hydrogens is 302 g/mol. The minimum Gasteiger partial charge on any atom is -0.350 e. The van der Waals surface area contributed by atoms with Crippen molar-refractivity contribution in [3.63, 3.8) is 0 Å². The lowest BCUT2D eigenvalue weighted by Crippen LogP contribution is -2.36. The van der Waals surface area contributed by atoms with Gasteiger partial charge in [0.1, 0.15) is 0 Å². The molecule has 0 radical (unpaired) electrons. The van der Waals surface area contributed by atoms with Crippen LogP contribution in [-0.4, -0.2) is 28.9 Å². The Hall–Kier alpha value is -2.69. The molecule has 0 aliphatic carbocycles. The van der Waals surface area contributed by atoms with Crippen molar-refractivity contribution in [3.05, 3.63) is 59.4 Å². The summed E-state index contributed by atoms with van der Waals surface area (Å²) in [4.78, 5) is 31.0. The van der Waals surface area contributed by atoms with Gasteiger partial charge in [-0.05, 0) is 44.9 Å². The third kappa shape index (κ3) is 3.02. The molecular formula is C19H21N3O2. The Morgan fingerprint density at radius 1 is 1.21 bits per heavy atom. The average Bonchev–Trinajstić information content (AvgIpc) is 2.89. The van der Waals surface area contributed by atoms with Crippen molar-refractivity contribution in [2.45, 2.75) is 39.3 Å². The van der Waals surface area contributed by atoms with Crippen LogP contribution >= 0.6 is 0 Å². The van der Waals surface area contributed by atoms with E-state index in [1.165, 1.54) is 18.0 Å². The van der Waals surface area contributed by atoms with Gasteiger partial charge >= 0.3 is 0 Å². The van der Waals surface area contributed by atoms with Gasteiger partial charge in [0.25, 0.3) is 11.8 Å². The monoisotopic (exact) mass is 323 g/mol. The fraction of sp³-hybridized carbons (Fsp3) is 0.316. The van der Waals surface area contributed by atoms with Crippen LogP contribution in [0, 0.1) is 0 Å². The van der Waals surface area contributed by atoms with E-state index in [-0.39, 0.29) is 23.9 Å². The highest BCUT2D eigenvalue weighted by molar-refractivity contribution is 6.08. The van der Waals surface area contributed by atoms with Crippen LogP contribution in [0.2, 0.25) is 0 Å². The fourth-order valence-electron chi connectivity index (χ4n) is 3.04. The molecule has 1 aliphatic rings. The summed E-state index contributed by atoms with van der Waals surface area (Å²) in [6, 6.07) is 9.65. The lowest BCUT2D eigenvalue weighted by molar-refractivity contribution is 0.0942. The molecule has 3 rings (SSSR count). The molecule has 0 saturated heterocycles. The van der Waals surface area contributed by atoms with Crippen molar-refractivity contribution < 1.29 is 9.59 Å². The van der Waals surface area contributed by atoms with Crippen LogP contribution in [0.4, 0.5) is 5.69 Å². The van der Waals surface area contributed by atoms with Crippen LogP contribution in [-0.2, 0) is 6.42 Å². The topological polar surface area (TPSA) is 62.3 Å². The zero-order valence-corrected chi connectivity index (χ0v) is 14.1. The Kier molecular flexibility index (Phi) is 4.34. The first kappa shape index (κ1) is 16.2. The van der Waals surface area contributed by atoms with Crippen LogP contribution in [0.3, 0.4) is 0 Å². The number of benzene rings is 1. The molecule has 2 heterocycles. The molecule has 1 atom stereocenters. The maximum atomic E-state index is 13.0. The van der Waals surface area contributed by atoms with Gasteiger partial charge in [0.15, 0.2) is 0 Å². The number of carbonyl (C=O) groups excluding carboxylic acids is 2. The summed E-state index contributed by atoms with van der Waals surface area (Å²) in [7, 11) is 0. The minimum atomic E-state index is -0.220. The molecule has 1 aromatic carbocycles.